The fourth-order valence-electron chi connectivity index (χ4n) is 3.33. The molecule has 1 aromatic heterocycles. The monoisotopic (exact) mass is 289 g/mol. The molecule has 0 saturated heterocycles. The summed E-state index contributed by atoms with van der Waals surface area (Å²) in [6.07, 6.45) is -1.40. The first kappa shape index (κ1) is 15.4. The third-order valence-corrected chi connectivity index (χ3v) is 4.33. The van der Waals surface area contributed by atoms with Gasteiger partial charge < -0.3 is 5.73 Å². The van der Waals surface area contributed by atoms with Gasteiger partial charge in [0.15, 0.2) is 0 Å². The molecular formula is C14H22F3N3. The summed E-state index contributed by atoms with van der Waals surface area (Å²) in [5.41, 5.74) is 7.88. The van der Waals surface area contributed by atoms with Crippen LogP contribution in [0.4, 0.5) is 13.2 Å². The molecule has 20 heavy (non-hydrogen) atoms. The number of halogens is 3. The normalized spacial score (nSPS) is 25.7. The highest BCUT2D eigenvalue weighted by Crippen LogP contribution is 2.42. The molecule has 6 heteroatoms. The Balaban J connectivity index is 2.10. The van der Waals surface area contributed by atoms with Crippen molar-refractivity contribution in [2.45, 2.75) is 51.2 Å². The van der Waals surface area contributed by atoms with E-state index in [1.807, 2.05) is 13.0 Å². The van der Waals surface area contributed by atoms with Crippen LogP contribution in [0.5, 0.6) is 0 Å². The van der Waals surface area contributed by atoms with Crippen molar-refractivity contribution in [1.29, 1.82) is 0 Å². The maximum absolute atomic E-state index is 13.1. The van der Waals surface area contributed by atoms with E-state index in [-0.39, 0.29) is 6.42 Å². The fraction of sp³-hybridized carbons (Fsp3) is 0.786. The summed E-state index contributed by atoms with van der Waals surface area (Å²) in [6.45, 7) is 1.87. The van der Waals surface area contributed by atoms with Crippen molar-refractivity contribution in [3.05, 3.63) is 17.5 Å². The molecule has 1 heterocycles. The second-order valence-electron chi connectivity index (χ2n) is 5.87. The van der Waals surface area contributed by atoms with Crippen LogP contribution in [0.25, 0.3) is 0 Å². The van der Waals surface area contributed by atoms with Crippen LogP contribution in [0.1, 0.15) is 37.1 Å². The first-order valence-electron chi connectivity index (χ1n) is 7.11. The molecule has 0 bridgehead atoms. The Hall–Kier alpha value is -1.04. The lowest BCUT2D eigenvalue weighted by atomic mass is 9.74. The van der Waals surface area contributed by atoms with Gasteiger partial charge in [0.1, 0.15) is 0 Å². The van der Waals surface area contributed by atoms with Gasteiger partial charge in [-0.05, 0) is 31.7 Å². The Morgan fingerprint density at radius 2 is 2.05 bits per heavy atom. The van der Waals surface area contributed by atoms with E-state index in [4.69, 9.17) is 5.73 Å². The Bertz CT molecular complexity index is 453. The minimum absolute atomic E-state index is 0.215. The summed E-state index contributed by atoms with van der Waals surface area (Å²) in [4.78, 5) is 0. The van der Waals surface area contributed by atoms with Gasteiger partial charge in [-0.1, -0.05) is 12.8 Å². The largest absolute Gasteiger partial charge is 0.392 e. The molecule has 1 saturated carbocycles. The number of hydrogen-bond donors (Lipinski definition) is 1. The second-order valence-corrected chi connectivity index (χ2v) is 5.87. The van der Waals surface area contributed by atoms with E-state index in [1.165, 1.54) is 0 Å². The number of nitrogens with zero attached hydrogens (tertiary/aromatic N) is 2. The average Bonchev–Trinajstić information content (AvgIpc) is 2.66. The van der Waals surface area contributed by atoms with Crippen molar-refractivity contribution in [2.75, 3.05) is 0 Å². The molecule has 3 unspecified atom stereocenters. The van der Waals surface area contributed by atoms with Gasteiger partial charge in [0.25, 0.3) is 0 Å². The highest BCUT2D eigenvalue weighted by molar-refractivity contribution is 5.10. The van der Waals surface area contributed by atoms with E-state index in [1.54, 1.807) is 11.7 Å². The lowest BCUT2D eigenvalue weighted by molar-refractivity contribution is -0.198. The van der Waals surface area contributed by atoms with E-state index in [9.17, 15) is 13.2 Å². The molecule has 0 spiro atoms. The Kier molecular flexibility index (Phi) is 4.42. The second kappa shape index (κ2) is 5.76. The van der Waals surface area contributed by atoms with Crippen molar-refractivity contribution in [3.8, 4) is 0 Å². The van der Waals surface area contributed by atoms with Crippen LogP contribution in [0.2, 0.25) is 0 Å². The summed E-state index contributed by atoms with van der Waals surface area (Å²) >= 11 is 0. The summed E-state index contributed by atoms with van der Waals surface area (Å²) in [5, 5.41) is 4.22. The van der Waals surface area contributed by atoms with Crippen LogP contribution in [0, 0.1) is 18.8 Å². The highest BCUT2D eigenvalue weighted by atomic mass is 19.4. The van der Waals surface area contributed by atoms with Crippen LogP contribution in [-0.4, -0.2) is 22.0 Å². The minimum Gasteiger partial charge on any atom is -0.327 e. The molecule has 1 aromatic rings. The Morgan fingerprint density at radius 3 is 2.60 bits per heavy atom. The molecule has 2 rings (SSSR count). The number of nitrogens with two attached hydrogens (primary N) is 1. The van der Waals surface area contributed by atoms with Gasteiger partial charge in [-0.2, -0.15) is 18.3 Å². The van der Waals surface area contributed by atoms with Crippen LogP contribution in [0.15, 0.2) is 6.07 Å². The van der Waals surface area contributed by atoms with E-state index in [0.29, 0.717) is 19.3 Å². The lowest BCUT2D eigenvalue weighted by Gasteiger charge is -2.36. The van der Waals surface area contributed by atoms with E-state index in [0.717, 1.165) is 17.8 Å². The van der Waals surface area contributed by atoms with E-state index in [2.05, 4.69) is 5.10 Å². The first-order valence-corrected chi connectivity index (χ1v) is 7.11. The number of hydrogen-bond acceptors (Lipinski definition) is 2. The van der Waals surface area contributed by atoms with Crippen molar-refractivity contribution in [1.82, 2.24) is 9.78 Å². The predicted molar refractivity (Wildman–Crippen MR) is 71.1 cm³/mol. The van der Waals surface area contributed by atoms with Gasteiger partial charge in [-0.3, -0.25) is 4.68 Å². The molecule has 114 valence electrons. The topological polar surface area (TPSA) is 43.8 Å². The summed E-state index contributed by atoms with van der Waals surface area (Å²) in [7, 11) is 1.80. The quantitative estimate of drug-likeness (QED) is 0.929. The number of aryl methyl sites for hydroxylation is 2. The standard InChI is InChI=1S/C14H22F3N3/c1-9-7-10(20(2)19-9)8-13(18)11-5-3-4-6-12(11)14(15,16)17/h7,11-13H,3-6,8,18H2,1-2H3. The molecule has 0 amide bonds. The van der Waals surface area contributed by atoms with Crippen molar-refractivity contribution >= 4 is 0 Å². The van der Waals surface area contributed by atoms with Gasteiger partial charge >= 0.3 is 6.18 Å². The summed E-state index contributed by atoms with van der Waals surface area (Å²) in [5.74, 6) is -1.72. The molecular weight excluding hydrogens is 267 g/mol. The first-order chi connectivity index (χ1) is 9.29. The van der Waals surface area contributed by atoms with Crippen LogP contribution in [-0.2, 0) is 13.5 Å². The van der Waals surface area contributed by atoms with Crippen LogP contribution >= 0.6 is 0 Å². The van der Waals surface area contributed by atoms with Gasteiger partial charge in [0.05, 0.1) is 11.6 Å². The SMILES string of the molecule is Cc1cc(CC(N)C2CCCCC2C(F)(F)F)n(C)n1. The summed E-state index contributed by atoms with van der Waals surface area (Å²) in [6, 6.07) is 1.43. The van der Waals surface area contributed by atoms with Gasteiger partial charge in [-0.25, -0.2) is 0 Å². The third kappa shape index (κ3) is 3.34. The highest BCUT2D eigenvalue weighted by Gasteiger charge is 2.47. The Labute approximate surface area is 117 Å². The molecule has 3 atom stereocenters. The zero-order valence-corrected chi connectivity index (χ0v) is 12.0. The smallest absolute Gasteiger partial charge is 0.327 e. The van der Waals surface area contributed by atoms with Crippen LogP contribution < -0.4 is 5.73 Å². The number of alkyl halides is 3. The van der Waals surface area contributed by atoms with Crippen molar-refractivity contribution in [2.24, 2.45) is 24.6 Å². The number of aromatic nitrogens is 2. The average molecular weight is 289 g/mol. The van der Waals surface area contributed by atoms with E-state index >= 15 is 0 Å². The summed E-state index contributed by atoms with van der Waals surface area (Å²) < 4.78 is 41.0. The molecule has 1 fully saturated rings. The van der Waals surface area contributed by atoms with E-state index < -0.39 is 24.1 Å². The molecule has 1 aliphatic rings. The zero-order chi connectivity index (χ0) is 14.9. The molecule has 1 aliphatic carbocycles. The molecule has 2 N–H and O–H groups in total. The fourth-order valence-corrected chi connectivity index (χ4v) is 3.33. The lowest BCUT2D eigenvalue weighted by Crippen LogP contribution is -2.44. The molecule has 0 radical (unpaired) electrons. The predicted octanol–water partition coefficient (Wildman–Crippen LogP) is 2.97. The Morgan fingerprint density at radius 1 is 1.40 bits per heavy atom. The molecule has 0 aliphatic heterocycles. The van der Waals surface area contributed by atoms with Gasteiger partial charge in [-0.15, -0.1) is 0 Å². The van der Waals surface area contributed by atoms with Crippen molar-refractivity contribution in [3.63, 3.8) is 0 Å². The van der Waals surface area contributed by atoms with Crippen LogP contribution in [0.3, 0.4) is 0 Å². The number of rotatable bonds is 3. The van der Waals surface area contributed by atoms with Crippen molar-refractivity contribution < 1.29 is 13.2 Å². The van der Waals surface area contributed by atoms with Gasteiger partial charge in [0, 0.05) is 25.2 Å². The molecule has 3 nitrogen and oxygen atoms in total. The third-order valence-electron chi connectivity index (χ3n) is 4.33. The van der Waals surface area contributed by atoms with Gasteiger partial charge in [0.2, 0.25) is 0 Å². The maximum Gasteiger partial charge on any atom is 0.392 e. The molecule has 0 aromatic carbocycles. The maximum atomic E-state index is 13.1. The zero-order valence-electron chi connectivity index (χ0n) is 12.0. The minimum atomic E-state index is -4.13.